The molecule has 0 spiro atoms. The Morgan fingerprint density at radius 2 is 2.24 bits per heavy atom. The third-order valence-electron chi connectivity index (χ3n) is 3.51. The molecule has 0 saturated heterocycles. The summed E-state index contributed by atoms with van der Waals surface area (Å²) in [4.78, 5) is 14.2. The summed E-state index contributed by atoms with van der Waals surface area (Å²) in [7, 11) is 1.70. The zero-order valence-corrected chi connectivity index (χ0v) is 13.3. The third-order valence-corrected chi connectivity index (χ3v) is 3.51. The van der Waals surface area contributed by atoms with Crippen molar-refractivity contribution in [3.05, 3.63) is 29.8 Å². The highest BCUT2D eigenvalue weighted by molar-refractivity contribution is 5.90. The predicted octanol–water partition coefficient (Wildman–Crippen LogP) is 1.83. The Morgan fingerprint density at radius 3 is 2.86 bits per heavy atom. The van der Waals surface area contributed by atoms with Crippen molar-refractivity contribution in [2.24, 2.45) is 5.73 Å². The Balaban J connectivity index is 2.45. The number of ether oxygens (including phenoxy) is 1. The quantitative estimate of drug-likeness (QED) is 0.729. The summed E-state index contributed by atoms with van der Waals surface area (Å²) in [6.07, 6.45) is 0.467. The van der Waals surface area contributed by atoms with Gasteiger partial charge < -0.3 is 15.8 Å². The van der Waals surface area contributed by atoms with Crippen LogP contribution in [0.4, 0.5) is 5.69 Å². The van der Waals surface area contributed by atoms with Crippen LogP contribution < -0.4 is 11.1 Å². The Bertz CT molecular complexity index is 437. The Labute approximate surface area is 127 Å². The van der Waals surface area contributed by atoms with Gasteiger partial charge in [0.2, 0.25) is 5.91 Å². The molecule has 0 aliphatic carbocycles. The lowest BCUT2D eigenvalue weighted by molar-refractivity contribution is -0.116. The summed E-state index contributed by atoms with van der Waals surface area (Å²) < 4.78 is 5.16. The van der Waals surface area contributed by atoms with Gasteiger partial charge >= 0.3 is 0 Å². The molecule has 0 bridgehead atoms. The van der Waals surface area contributed by atoms with Gasteiger partial charge in [-0.2, -0.15) is 0 Å². The Morgan fingerprint density at radius 1 is 1.48 bits per heavy atom. The minimum absolute atomic E-state index is 0.0206. The maximum Gasteiger partial charge on any atom is 0.225 e. The van der Waals surface area contributed by atoms with E-state index in [4.69, 9.17) is 10.5 Å². The van der Waals surface area contributed by atoms with Gasteiger partial charge in [-0.3, -0.25) is 9.69 Å². The third kappa shape index (κ3) is 6.25. The number of amides is 1. The van der Waals surface area contributed by atoms with E-state index in [-0.39, 0.29) is 5.91 Å². The van der Waals surface area contributed by atoms with Crippen LogP contribution in [-0.4, -0.2) is 43.7 Å². The zero-order chi connectivity index (χ0) is 15.7. The number of methoxy groups -OCH3 is 1. The number of carbonyl (C=O) groups excluding carboxylic acids is 1. The van der Waals surface area contributed by atoms with Gasteiger partial charge in [-0.25, -0.2) is 0 Å². The fourth-order valence-corrected chi connectivity index (χ4v) is 2.28. The molecular weight excluding hydrogens is 266 g/mol. The summed E-state index contributed by atoms with van der Waals surface area (Å²) in [6.45, 7) is 6.98. The maximum atomic E-state index is 12.0. The molecule has 0 heterocycles. The number of nitrogens with zero attached hydrogens (tertiary/aromatic N) is 1. The van der Waals surface area contributed by atoms with Gasteiger partial charge in [-0.05, 0) is 31.2 Å². The van der Waals surface area contributed by atoms with Crippen molar-refractivity contribution in [1.82, 2.24) is 4.90 Å². The molecule has 3 N–H and O–H groups in total. The first-order chi connectivity index (χ1) is 10.1. The van der Waals surface area contributed by atoms with Crippen LogP contribution in [0.3, 0.4) is 0 Å². The summed E-state index contributed by atoms with van der Waals surface area (Å²) in [6, 6.07) is 7.94. The molecule has 0 radical (unpaired) electrons. The van der Waals surface area contributed by atoms with Crippen LogP contribution in [0.5, 0.6) is 0 Å². The van der Waals surface area contributed by atoms with E-state index in [2.05, 4.69) is 24.1 Å². The molecule has 0 aliphatic heterocycles. The van der Waals surface area contributed by atoms with Crippen molar-refractivity contribution in [2.45, 2.75) is 32.9 Å². The summed E-state index contributed by atoms with van der Waals surface area (Å²) in [5.41, 5.74) is 7.41. The van der Waals surface area contributed by atoms with Gasteiger partial charge in [0.25, 0.3) is 0 Å². The number of hydrogen-bond donors (Lipinski definition) is 2. The van der Waals surface area contributed by atoms with Crippen LogP contribution in [0.2, 0.25) is 0 Å². The SMILES string of the molecule is CCN(CCC(=O)Nc1cccc(CN)c1)C(C)COC. The highest BCUT2D eigenvalue weighted by Crippen LogP contribution is 2.10. The Kier molecular flexibility index (Phi) is 7.97. The average molecular weight is 293 g/mol. The van der Waals surface area contributed by atoms with E-state index >= 15 is 0 Å². The molecule has 0 aliphatic rings. The van der Waals surface area contributed by atoms with Crippen molar-refractivity contribution in [2.75, 3.05) is 32.1 Å². The molecule has 1 aromatic carbocycles. The Hall–Kier alpha value is -1.43. The normalized spacial score (nSPS) is 12.4. The molecule has 118 valence electrons. The molecule has 5 nitrogen and oxygen atoms in total. The molecule has 0 saturated carbocycles. The van der Waals surface area contributed by atoms with Gasteiger partial charge in [-0.1, -0.05) is 19.1 Å². The second kappa shape index (κ2) is 9.50. The second-order valence-corrected chi connectivity index (χ2v) is 5.14. The number of benzene rings is 1. The zero-order valence-electron chi connectivity index (χ0n) is 13.3. The highest BCUT2D eigenvalue weighted by Gasteiger charge is 2.13. The molecule has 21 heavy (non-hydrogen) atoms. The highest BCUT2D eigenvalue weighted by atomic mass is 16.5. The first-order valence-electron chi connectivity index (χ1n) is 7.42. The monoisotopic (exact) mass is 293 g/mol. The van der Waals surface area contributed by atoms with Crippen LogP contribution >= 0.6 is 0 Å². The minimum Gasteiger partial charge on any atom is -0.383 e. The van der Waals surface area contributed by atoms with Crippen molar-refractivity contribution in [3.8, 4) is 0 Å². The molecule has 1 unspecified atom stereocenters. The summed E-state index contributed by atoms with van der Waals surface area (Å²) in [5, 5.41) is 2.91. The topological polar surface area (TPSA) is 67.6 Å². The molecule has 1 amide bonds. The molecule has 0 aromatic heterocycles. The predicted molar refractivity (Wildman–Crippen MR) is 86.2 cm³/mol. The standard InChI is InChI=1S/C16H27N3O2/c1-4-19(13(2)12-21-3)9-8-16(20)18-15-7-5-6-14(10-15)11-17/h5-7,10,13H,4,8-9,11-12,17H2,1-3H3,(H,18,20). The van der Waals surface area contributed by atoms with E-state index in [0.717, 1.165) is 24.3 Å². The lowest BCUT2D eigenvalue weighted by Gasteiger charge is -2.26. The number of likely N-dealkylation sites (N-methyl/N-ethyl adjacent to an activating group) is 1. The van der Waals surface area contributed by atoms with Crippen molar-refractivity contribution in [1.29, 1.82) is 0 Å². The van der Waals surface area contributed by atoms with E-state index in [1.54, 1.807) is 7.11 Å². The minimum atomic E-state index is 0.0206. The number of nitrogens with two attached hydrogens (primary N) is 1. The van der Waals surface area contributed by atoms with Crippen LogP contribution in [0.1, 0.15) is 25.8 Å². The molecule has 5 heteroatoms. The van der Waals surface area contributed by atoms with E-state index in [0.29, 0.717) is 25.6 Å². The number of nitrogens with one attached hydrogen (secondary N) is 1. The second-order valence-electron chi connectivity index (χ2n) is 5.14. The summed E-state index contributed by atoms with van der Waals surface area (Å²) in [5.74, 6) is 0.0206. The fraction of sp³-hybridized carbons (Fsp3) is 0.562. The van der Waals surface area contributed by atoms with Gasteiger partial charge in [0.1, 0.15) is 0 Å². The van der Waals surface area contributed by atoms with E-state index in [1.165, 1.54) is 0 Å². The number of hydrogen-bond acceptors (Lipinski definition) is 4. The van der Waals surface area contributed by atoms with Gasteiger partial charge in [0.05, 0.1) is 6.61 Å². The largest absolute Gasteiger partial charge is 0.383 e. The van der Waals surface area contributed by atoms with E-state index in [1.807, 2.05) is 24.3 Å². The number of rotatable bonds is 9. The van der Waals surface area contributed by atoms with E-state index in [9.17, 15) is 4.79 Å². The van der Waals surface area contributed by atoms with Crippen LogP contribution in [0.15, 0.2) is 24.3 Å². The molecular formula is C16H27N3O2. The van der Waals surface area contributed by atoms with Crippen LogP contribution in [-0.2, 0) is 16.1 Å². The average Bonchev–Trinajstić information content (AvgIpc) is 2.48. The molecule has 1 aromatic rings. The van der Waals surface area contributed by atoms with Crippen molar-refractivity contribution < 1.29 is 9.53 Å². The first kappa shape index (κ1) is 17.6. The maximum absolute atomic E-state index is 12.0. The van der Waals surface area contributed by atoms with Crippen LogP contribution in [0, 0.1) is 0 Å². The molecule has 1 atom stereocenters. The van der Waals surface area contributed by atoms with Gasteiger partial charge in [-0.15, -0.1) is 0 Å². The first-order valence-corrected chi connectivity index (χ1v) is 7.42. The smallest absolute Gasteiger partial charge is 0.225 e. The van der Waals surface area contributed by atoms with E-state index < -0.39 is 0 Å². The lowest BCUT2D eigenvalue weighted by atomic mass is 10.2. The number of carbonyl (C=O) groups is 1. The van der Waals surface area contributed by atoms with Crippen molar-refractivity contribution >= 4 is 11.6 Å². The fourth-order valence-electron chi connectivity index (χ4n) is 2.28. The van der Waals surface area contributed by atoms with Gasteiger partial charge in [0, 0.05) is 38.3 Å². The van der Waals surface area contributed by atoms with Gasteiger partial charge in [0.15, 0.2) is 0 Å². The van der Waals surface area contributed by atoms with Crippen LogP contribution in [0.25, 0.3) is 0 Å². The lowest BCUT2D eigenvalue weighted by Crippen LogP contribution is -2.38. The molecule has 0 fully saturated rings. The molecule has 1 rings (SSSR count). The number of anilines is 1. The summed E-state index contributed by atoms with van der Waals surface area (Å²) >= 11 is 0. The van der Waals surface area contributed by atoms with Crippen molar-refractivity contribution in [3.63, 3.8) is 0 Å².